The van der Waals surface area contributed by atoms with Gasteiger partial charge in [0.25, 0.3) is 0 Å². The van der Waals surface area contributed by atoms with Gasteiger partial charge in [-0.2, -0.15) is 0 Å². The van der Waals surface area contributed by atoms with Crippen molar-refractivity contribution < 1.29 is 9.90 Å². The molecule has 1 unspecified atom stereocenters. The summed E-state index contributed by atoms with van der Waals surface area (Å²) in [6.07, 6.45) is 4.47. The maximum absolute atomic E-state index is 10.6. The van der Waals surface area contributed by atoms with Crippen molar-refractivity contribution in [1.29, 1.82) is 0 Å². The fourth-order valence-electron chi connectivity index (χ4n) is 2.19. The SMILES string of the molecule is CCCC1CN(CCCC(C)C(=O)O)C1. The van der Waals surface area contributed by atoms with Crippen LogP contribution >= 0.6 is 0 Å². The van der Waals surface area contributed by atoms with E-state index in [-0.39, 0.29) is 5.92 Å². The third-order valence-electron chi connectivity index (χ3n) is 3.26. The van der Waals surface area contributed by atoms with Crippen LogP contribution in [0, 0.1) is 11.8 Å². The van der Waals surface area contributed by atoms with Gasteiger partial charge in [-0.05, 0) is 31.7 Å². The fourth-order valence-corrected chi connectivity index (χ4v) is 2.19. The van der Waals surface area contributed by atoms with Gasteiger partial charge in [-0.1, -0.05) is 20.3 Å². The minimum absolute atomic E-state index is 0.183. The molecule has 3 heteroatoms. The molecule has 1 saturated heterocycles. The van der Waals surface area contributed by atoms with Gasteiger partial charge in [0.2, 0.25) is 0 Å². The first-order chi connectivity index (χ1) is 7.13. The summed E-state index contributed by atoms with van der Waals surface area (Å²) >= 11 is 0. The Morgan fingerprint density at radius 3 is 2.73 bits per heavy atom. The Morgan fingerprint density at radius 2 is 2.20 bits per heavy atom. The molecule has 1 aliphatic heterocycles. The van der Waals surface area contributed by atoms with Gasteiger partial charge >= 0.3 is 5.97 Å². The first-order valence-corrected chi connectivity index (χ1v) is 6.08. The van der Waals surface area contributed by atoms with Crippen molar-refractivity contribution in [2.24, 2.45) is 11.8 Å². The van der Waals surface area contributed by atoms with Crippen LogP contribution in [0.3, 0.4) is 0 Å². The van der Waals surface area contributed by atoms with E-state index in [0.717, 1.165) is 25.3 Å². The van der Waals surface area contributed by atoms with Crippen LogP contribution < -0.4 is 0 Å². The smallest absolute Gasteiger partial charge is 0.306 e. The van der Waals surface area contributed by atoms with Crippen molar-refractivity contribution in [3.63, 3.8) is 0 Å². The van der Waals surface area contributed by atoms with Crippen LogP contribution in [0.4, 0.5) is 0 Å². The second-order valence-electron chi connectivity index (χ2n) is 4.80. The lowest BCUT2D eigenvalue weighted by Gasteiger charge is -2.39. The summed E-state index contributed by atoms with van der Waals surface area (Å²) < 4.78 is 0. The molecule has 1 N–H and O–H groups in total. The molecule has 88 valence electrons. The summed E-state index contributed by atoms with van der Waals surface area (Å²) in [4.78, 5) is 13.0. The predicted octanol–water partition coefficient (Wildman–Crippen LogP) is 2.22. The van der Waals surface area contributed by atoms with E-state index < -0.39 is 5.97 Å². The molecule has 0 spiro atoms. The molecule has 1 fully saturated rings. The zero-order chi connectivity index (χ0) is 11.3. The van der Waals surface area contributed by atoms with Gasteiger partial charge in [-0.3, -0.25) is 4.79 Å². The molecule has 0 aromatic heterocycles. The van der Waals surface area contributed by atoms with Crippen molar-refractivity contribution in [2.75, 3.05) is 19.6 Å². The second-order valence-corrected chi connectivity index (χ2v) is 4.80. The minimum Gasteiger partial charge on any atom is -0.481 e. The predicted molar refractivity (Wildman–Crippen MR) is 60.9 cm³/mol. The summed E-state index contributed by atoms with van der Waals surface area (Å²) in [6.45, 7) is 7.57. The molecule has 0 radical (unpaired) electrons. The Morgan fingerprint density at radius 1 is 1.53 bits per heavy atom. The number of rotatable bonds is 7. The fraction of sp³-hybridized carbons (Fsp3) is 0.917. The largest absolute Gasteiger partial charge is 0.481 e. The third-order valence-corrected chi connectivity index (χ3v) is 3.26. The number of hydrogen-bond donors (Lipinski definition) is 1. The molecule has 1 atom stereocenters. The first-order valence-electron chi connectivity index (χ1n) is 6.08. The zero-order valence-corrected chi connectivity index (χ0v) is 9.91. The van der Waals surface area contributed by atoms with E-state index in [1.165, 1.54) is 25.9 Å². The van der Waals surface area contributed by atoms with Gasteiger partial charge in [0, 0.05) is 13.1 Å². The molecule has 1 rings (SSSR count). The van der Waals surface area contributed by atoms with Crippen molar-refractivity contribution >= 4 is 5.97 Å². The van der Waals surface area contributed by atoms with Gasteiger partial charge in [-0.15, -0.1) is 0 Å². The lowest BCUT2D eigenvalue weighted by atomic mass is 9.94. The van der Waals surface area contributed by atoms with Crippen LogP contribution in [0.1, 0.15) is 39.5 Å². The molecule has 0 amide bonds. The Kier molecular flexibility index (Phi) is 5.09. The van der Waals surface area contributed by atoms with E-state index in [1.54, 1.807) is 6.92 Å². The topological polar surface area (TPSA) is 40.5 Å². The average molecular weight is 213 g/mol. The van der Waals surface area contributed by atoms with Gasteiger partial charge in [0.05, 0.1) is 5.92 Å². The monoisotopic (exact) mass is 213 g/mol. The maximum atomic E-state index is 10.6. The molecular weight excluding hydrogens is 190 g/mol. The highest BCUT2D eigenvalue weighted by Gasteiger charge is 2.25. The van der Waals surface area contributed by atoms with Crippen molar-refractivity contribution in [2.45, 2.75) is 39.5 Å². The lowest BCUT2D eigenvalue weighted by molar-refractivity contribution is -0.141. The van der Waals surface area contributed by atoms with E-state index in [0.29, 0.717) is 0 Å². The van der Waals surface area contributed by atoms with Gasteiger partial charge < -0.3 is 10.0 Å². The van der Waals surface area contributed by atoms with Crippen LogP contribution in [0.2, 0.25) is 0 Å². The Labute approximate surface area is 92.5 Å². The molecular formula is C12H23NO2. The summed E-state index contributed by atoms with van der Waals surface area (Å²) in [5, 5.41) is 8.72. The number of nitrogens with zero attached hydrogens (tertiary/aromatic N) is 1. The molecule has 0 aromatic rings. The quantitative estimate of drug-likeness (QED) is 0.705. The number of hydrogen-bond acceptors (Lipinski definition) is 2. The number of aliphatic carboxylic acids is 1. The molecule has 3 nitrogen and oxygen atoms in total. The van der Waals surface area contributed by atoms with Crippen molar-refractivity contribution in [3.8, 4) is 0 Å². The highest BCUT2D eigenvalue weighted by Crippen LogP contribution is 2.21. The van der Waals surface area contributed by atoms with Crippen LogP contribution in [0.15, 0.2) is 0 Å². The van der Waals surface area contributed by atoms with Crippen LogP contribution in [0.25, 0.3) is 0 Å². The van der Waals surface area contributed by atoms with Crippen LogP contribution in [-0.4, -0.2) is 35.6 Å². The first kappa shape index (κ1) is 12.5. The Hall–Kier alpha value is -0.570. The number of carboxylic acids is 1. The second kappa shape index (κ2) is 6.11. The van der Waals surface area contributed by atoms with Crippen molar-refractivity contribution in [3.05, 3.63) is 0 Å². The summed E-state index contributed by atoms with van der Waals surface area (Å²) in [6, 6.07) is 0. The molecule has 0 saturated carbocycles. The normalized spacial score (nSPS) is 19.9. The van der Waals surface area contributed by atoms with Gasteiger partial charge in [-0.25, -0.2) is 0 Å². The summed E-state index contributed by atoms with van der Waals surface area (Å²) in [5.41, 5.74) is 0. The van der Waals surface area contributed by atoms with E-state index >= 15 is 0 Å². The summed E-state index contributed by atoms with van der Waals surface area (Å²) in [5.74, 6) is 0.0621. The number of likely N-dealkylation sites (tertiary alicyclic amines) is 1. The molecule has 0 aliphatic carbocycles. The maximum Gasteiger partial charge on any atom is 0.306 e. The molecule has 0 aromatic carbocycles. The number of carboxylic acid groups (broad SMARTS) is 1. The lowest BCUT2D eigenvalue weighted by Crippen LogP contribution is -2.46. The van der Waals surface area contributed by atoms with E-state index in [9.17, 15) is 4.79 Å². The zero-order valence-electron chi connectivity index (χ0n) is 9.91. The highest BCUT2D eigenvalue weighted by atomic mass is 16.4. The molecule has 1 aliphatic rings. The van der Waals surface area contributed by atoms with Crippen molar-refractivity contribution in [1.82, 2.24) is 4.90 Å². The number of carbonyl (C=O) groups is 1. The van der Waals surface area contributed by atoms with Crippen LogP contribution in [-0.2, 0) is 4.79 Å². The molecule has 0 bridgehead atoms. The third kappa shape index (κ3) is 4.20. The highest BCUT2D eigenvalue weighted by molar-refractivity contribution is 5.69. The molecule has 1 heterocycles. The van der Waals surface area contributed by atoms with Gasteiger partial charge in [0.1, 0.15) is 0 Å². The molecule has 15 heavy (non-hydrogen) atoms. The van der Waals surface area contributed by atoms with E-state index in [4.69, 9.17) is 5.11 Å². The average Bonchev–Trinajstić information content (AvgIpc) is 2.13. The Bertz CT molecular complexity index is 200. The van der Waals surface area contributed by atoms with E-state index in [1.807, 2.05) is 0 Å². The van der Waals surface area contributed by atoms with E-state index in [2.05, 4.69) is 11.8 Å². The Balaban J connectivity index is 1.97. The summed E-state index contributed by atoms with van der Waals surface area (Å²) in [7, 11) is 0. The minimum atomic E-state index is -0.664. The standard InChI is InChI=1S/C12H23NO2/c1-3-5-11-8-13(9-11)7-4-6-10(2)12(14)15/h10-11H,3-9H2,1-2H3,(H,14,15). The van der Waals surface area contributed by atoms with Crippen LogP contribution in [0.5, 0.6) is 0 Å². The van der Waals surface area contributed by atoms with Gasteiger partial charge in [0.15, 0.2) is 0 Å².